The first-order chi connectivity index (χ1) is 13.1. The van der Waals surface area contributed by atoms with Crippen molar-refractivity contribution >= 4 is 5.91 Å². The molecule has 5 nitrogen and oxygen atoms in total. The highest BCUT2D eigenvalue weighted by atomic mass is 16.2. The van der Waals surface area contributed by atoms with E-state index < -0.39 is 0 Å². The smallest absolute Gasteiger partial charge is 0.267 e. The molecule has 5 heteroatoms. The number of aromatic nitrogens is 2. The molecule has 4 aliphatic rings. The third-order valence-electron chi connectivity index (χ3n) is 6.67. The molecule has 2 aromatic rings. The van der Waals surface area contributed by atoms with Crippen LogP contribution in [-0.2, 0) is 11.3 Å². The molecule has 140 valence electrons. The fourth-order valence-corrected chi connectivity index (χ4v) is 6.06. The molecule has 0 radical (unpaired) electrons. The SMILES string of the molecule is O=C(Cn1nc(-c2ccccc2)ccc1=O)NC12CC3CC(CC(C3)C1)C2. The molecule has 1 heterocycles. The van der Waals surface area contributed by atoms with Crippen LogP contribution in [0.5, 0.6) is 0 Å². The van der Waals surface area contributed by atoms with Crippen LogP contribution in [0.3, 0.4) is 0 Å². The number of rotatable bonds is 4. The zero-order valence-corrected chi connectivity index (χ0v) is 15.4. The van der Waals surface area contributed by atoms with Crippen molar-refractivity contribution in [2.24, 2.45) is 17.8 Å². The summed E-state index contributed by atoms with van der Waals surface area (Å²) in [4.78, 5) is 25.0. The van der Waals surface area contributed by atoms with Crippen molar-refractivity contribution in [1.82, 2.24) is 15.1 Å². The van der Waals surface area contributed by atoms with E-state index >= 15 is 0 Å². The van der Waals surface area contributed by atoms with Gasteiger partial charge in [0.2, 0.25) is 5.91 Å². The molecule has 0 aliphatic heterocycles. The average Bonchev–Trinajstić information content (AvgIpc) is 2.62. The summed E-state index contributed by atoms with van der Waals surface area (Å²) in [7, 11) is 0. The Balaban J connectivity index is 1.33. The Kier molecular flexibility index (Phi) is 3.92. The number of nitrogens with zero attached hydrogens (tertiary/aromatic N) is 2. The molecule has 1 aromatic carbocycles. The lowest BCUT2D eigenvalue weighted by Crippen LogP contribution is -2.60. The molecule has 0 unspecified atom stereocenters. The van der Waals surface area contributed by atoms with Gasteiger partial charge in [-0.15, -0.1) is 0 Å². The Hall–Kier alpha value is -2.43. The van der Waals surface area contributed by atoms with Gasteiger partial charge in [0.25, 0.3) is 5.56 Å². The zero-order valence-electron chi connectivity index (χ0n) is 15.4. The third-order valence-corrected chi connectivity index (χ3v) is 6.67. The highest BCUT2D eigenvalue weighted by Crippen LogP contribution is 2.55. The van der Waals surface area contributed by atoms with E-state index in [0.717, 1.165) is 42.6 Å². The minimum atomic E-state index is -0.240. The first-order valence-corrected chi connectivity index (χ1v) is 10.0. The van der Waals surface area contributed by atoms with E-state index in [0.29, 0.717) is 5.69 Å². The number of amides is 1. The molecule has 1 aromatic heterocycles. The van der Waals surface area contributed by atoms with Crippen LogP contribution in [-0.4, -0.2) is 21.2 Å². The molecule has 0 saturated heterocycles. The summed E-state index contributed by atoms with van der Waals surface area (Å²) < 4.78 is 1.29. The number of hydrogen-bond acceptors (Lipinski definition) is 3. The van der Waals surface area contributed by atoms with Gasteiger partial charge in [-0.3, -0.25) is 9.59 Å². The van der Waals surface area contributed by atoms with Crippen LogP contribution in [0, 0.1) is 17.8 Å². The van der Waals surface area contributed by atoms with E-state index in [2.05, 4.69) is 10.4 Å². The lowest BCUT2D eigenvalue weighted by atomic mass is 9.53. The molecule has 4 aliphatic carbocycles. The molecule has 1 amide bonds. The van der Waals surface area contributed by atoms with Gasteiger partial charge >= 0.3 is 0 Å². The minimum absolute atomic E-state index is 0.0126. The van der Waals surface area contributed by atoms with Crippen molar-refractivity contribution in [2.75, 3.05) is 0 Å². The average molecular weight is 363 g/mol. The van der Waals surface area contributed by atoms with Crippen LogP contribution >= 0.6 is 0 Å². The van der Waals surface area contributed by atoms with Crippen molar-refractivity contribution in [2.45, 2.75) is 50.6 Å². The summed E-state index contributed by atoms with van der Waals surface area (Å²) in [6, 6.07) is 12.9. The predicted octanol–water partition coefficient (Wildman–Crippen LogP) is 3.00. The van der Waals surface area contributed by atoms with Crippen molar-refractivity contribution in [3.8, 4) is 11.3 Å². The summed E-state index contributed by atoms with van der Waals surface area (Å²) >= 11 is 0. The molecule has 0 atom stereocenters. The Morgan fingerprint density at radius 3 is 2.26 bits per heavy atom. The maximum absolute atomic E-state index is 12.8. The Morgan fingerprint density at radius 2 is 1.63 bits per heavy atom. The van der Waals surface area contributed by atoms with E-state index in [4.69, 9.17) is 0 Å². The third kappa shape index (κ3) is 3.20. The molecule has 1 N–H and O–H groups in total. The van der Waals surface area contributed by atoms with Crippen LogP contribution < -0.4 is 10.9 Å². The normalized spacial score (nSPS) is 31.0. The van der Waals surface area contributed by atoms with Crippen LogP contribution in [0.1, 0.15) is 38.5 Å². The molecule has 0 spiro atoms. The lowest BCUT2D eigenvalue weighted by molar-refractivity contribution is -0.127. The van der Waals surface area contributed by atoms with E-state index in [-0.39, 0.29) is 23.6 Å². The van der Waals surface area contributed by atoms with Crippen molar-refractivity contribution < 1.29 is 4.79 Å². The first kappa shape index (κ1) is 16.7. The van der Waals surface area contributed by atoms with Gasteiger partial charge in [0.1, 0.15) is 6.54 Å². The zero-order chi connectivity index (χ0) is 18.4. The predicted molar refractivity (Wildman–Crippen MR) is 103 cm³/mol. The lowest BCUT2D eigenvalue weighted by Gasteiger charge is -2.56. The Labute approximate surface area is 158 Å². The summed E-state index contributed by atoms with van der Waals surface area (Å²) in [5.41, 5.74) is 1.37. The van der Waals surface area contributed by atoms with Crippen molar-refractivity contribution in [1.29, 1.82) is 0 Å². The van der Waals surface area contributed by atoms with E-state index in [1.54, 1.807) is 6.07 Å². The molecule has 4 saturated carbocycles. The molecule has 27 heavy (non-hydrogen) atoms. The highest BCUT2D eigenvalue weighted by molar-refractivity contribution is 5.76. The maximum Gasteiger partial charge on any atom is 0.267 e. The fourth-order valence-electron chi connectivity index (χ4n) is 6.06. The van der Waals surface area contributed by atoms with Crippen LogP contribution in [0.4, 0.5) is 0 Å². The van der Waals surface area contributed by atoms with Gasteiger partial charge < -0.3 is 5.32 Å². The van der Waals surface area contributed by atoms with E-state index in [1.165, 1.54) is 30.0 Å². The van der Waals surface area contributed by atoms with Gasteiger partial charge in [-0.2, -0.15) is 5.10 Å². The van der Waals surface area contributed by atoms with Gasteiger partial charge in [0.15, 0.2) is 0 Å². The van der Waals surface area contributed by atoms with Gasteiger partial charge in [0.05, 0.1) is 5.69 Å². The monoisotopic (exact) mass is 363 g/mol. The molecular formula is C22H25N3O2. The van der Waals surface area contributed by atoms with Crippen molar-refractivity contribution in [3.05, 3.63) is 52.8 Å². The maximum atomic E-state index is 12.8. The molecule has 4 fully saturated rings. The van der Waals surface area contributed by atoms with Crippen LogP contribution in [0.25, 0.3) is 11.3 Å². The molecule has 6 rings (SSSR count). The number of carbonyl (C=O) groups excluding carboxylic acids is 1. The topological polar surface area (TPSA) is 64.0 Å². The van der Waals surface area contributed by atoms with Gasteiger partial charge in [-0.25, -0.2) is 4.68 Å². The minimum Gasteiger partial charge on any atom is -0.349 e. The largest absolute Gasteiger partial charge is 0.349 e. The van der Waals surface area contributed by atoms with Crippen LogP contribution in [0.15, 0.2) is 47.3 Å². The standard InChI is InChI=1S/C22H25N3O2/c26-20(23-22-11-15-8-16(12-22)10-17(9-15)13-22)14-25-21(27)7-6-19(24-25)18-4-2-1-3-5-18/h1-7,15-17H,8-14H2,(H,23,26). The number of nitrogens with one attached hydrogen (secondary N) is 1. The second-order valence-corrected chi connectivity index (χ2v) is 8.83. The Bertz CT molecular complexity index is 883. The number of carbonyl (C=O) groups is 1. The quantitative estimate of drug-likeness (QED) is 0.908. The number of hydrogen-bond donors (Lipinski definition) is 1. The number of benzene rings is 1. The van der Waals surface area contributed by atoms with E-state index in [1.807, 2.05) is 30.3 Å². The van der Waals surface area contributed by atoms with E-state index in [9.17, 15) is 9.59 Å². The van der Waals surface area contributed by atoms with Gasteiger partial charge in [0, 0.05) is 17.2 Å². The molecule has 4 bridgehead atoms. The molecular weight excluding hydrogens is 338 g/mol. The highest BCUT2D eigenvalue weighted by Gasteiger charge is 2.51. The van der Waals surface area contributed by atoms with Crippen molar-refractivity contribution in [3.63, 3.8) is 0 Å². The second kappa shape index (κ2) is 6.32. The fraction of sp³-hybridized carbons (Fsp3) is 0.500. The second-order valence-electron chi connectivity index (χ2n) is 8.83. The summed E-state index contributed by atoms with van der Waals surface area (Å²) in [5.74, 6) is 2.24. The van der Waals surface area contributed by atoms with Gasteiger partial charge in [-0.1, -0.05) is 30.3 Å². The van der Waals surface area contributed by atoms with Crippen LogP contribution in [0.2, 0.25) is 0 Å². The first-order valence-electron chi connectivity index (χ1n) is 10.0. The van der Waals surface area contributed by atoms with Gasteiger partial charge in [-0.05, 0) is 62.3 Å². The summed E-state index contributed by atoms with van der Waals surface area (Å²) in [5, 5.41) is 7.74. The Morgan fingerprint density at radius 1 is 1.00 bits per heavy atom. The summed E-state index contributed by atoms with van der Waals surface area (Å²) in [6.45, 7) is -0.0126. The summed E-state index contributed by atoms with van der Waals surface area (Å²) in [6.07, 6.45) is 7.35.